The molecule has 26 heavy (non-hydrogen) atoms. The van der Waals surface area contributed by atoms with E-state index in [9.17, 15) is 39.6 Å². The standard InChI is InChI=1S/C14H8O8.4K/c15-11(16)7-5-3-1-2-4-6(5)8(12(17)18)10(14(21)22)9(7)13(19)20;;;;/h1-4H,(H,15,16)(H,17,18)(H,19,20)(H,21,22);;;;/q;4*+1/p-4. The summed E-state index contributed by atoms with van der Waals surface area (Å²) >= 11 is 0. The molecule has 0 heterocycles. The van der Waals surface area contributed by atoms with Crippen molar-refractivity contribution in [3.63, 3.8) is 0 Å². The van der Waals surface area contributed by atoms with Crippen LogP contribution in [0.1, 0.15) is 41.4 Å². The zero-order valence-corrected chi connectivity index (χ0v) is 27.1. The summed E-state index contributed by atoms with van der Waals surface area (Å²) in [7, 11) is 0. The maximum atomic E-state index is 11.2. The second-order valence-corrected chi connectivity index (χ2v) is 4.20. The Morgan fingerprint density at radius 1 is 0.500 bits per heavy atom. The van der Waals surface area contributed by atoms with Gasteiger partial charge in [0.15, 0.2) is 0 Å². The molecule has 0 atom stereocenters. The van der Waals surface area contributed by atoms with E-state index < -0.39 is 46.1 Å². The maximum absolute atomic E-state index is 11.2. The smallest absolute Gasteiger partial charge is 0.545 e. The third-order valence-electron chi connectivity index (χ3n) is 3.03. The Balaban J connectivity index is -0.00000132. The number of hydrogen-bond acceptors (Lipinski definition) is 8. The van der Waals surface area contributed by atoms with Gasteiger partial charge >= 0.3 is 206 Å². The normalized spacial score (nSPS) is 8.77. The van der Waals surface area contributed by atoms with Gasteiger partial charge in [-0.15, -0.1) is 0 Å². The minimum absolute atomic E-state index is 0. The fraction of sp³-hybridized carbons (Fsp3) is 0. The van der Waals surface area contributed by atoms with E-state index in [0.29, 0.717) is 0 Å². The van der Waals surface area contributed by atoms with Crippen LogP contribution in [0.5, 0.6) is 0 Å². The number of benzene rings is 2. The SMILES string of the molecule is O=C([O-])c1c(C(=O)[O-])c(C(=O)[O-])c2ccccc2c1C(=O)[O-].[K+].[K+].[K+].[K+]. The predicted octanol–water partition coefficient (Wildman–Crippen LogP) is -15.7. The van der Waals surface area contributed by atoms with Gasteiger partial charge < -0.3 is 39.6 Å². The first-order chi connectivity index (χ1) is 10.3. The summed E-state index contributed by atoms with van der Waals surface area (Å²) < 4.78 is 0. The molecule has 2 aromatic rings. The van der Waals surface area contributed by atoms with E-state index in [1.165, 1.54) is 12.1 Å². The van der Waals surface area contributed by atoms with Crippen molar-refractivity contribution in [1.82, 2.24) is 0 Å². The number of carboxylic acids is 4. The van der Waals surface area contributed by atoms with E-state index in [0.717, 1.165) is 12.1 Å². The number of hydrogen-bond donors (Lipinski definition) is 0. The summed E-state index contributed by atoms with van der Waals surface area (Å²) in [6.07, 6.45) is 0. The number of rotatable bonds is 4. The average molecular weight is 457 g/mol. The molecule has 0 aliphatic rings. The van der Waals surface area contributed by atoms with Gasteiger partial charge in [0.05, 0.1) is 23.9 Å². The molecular weight excluding hydrogens is 453 g/mol. The summed E-state index contributed by atoms with van der Waals surface area (Å²) in [6.45, 7) is 0. The molecule has 0 saturated carbocycles. The van der Waals surface area contributed by atoms with Crippen LogP contribution in [0, 0.1) is 0 Å². The molecule has 0 amide bonds. The molecule has 0 aliphatic heterocycles. The zero-order chi connectivity index (χ0) is 16.6. The molecule has 8 nitrogen and oxygen atoms in total. The molecule has 0 bridgehead atoms. The Bertz CT molecular complexity index is 795. The number of aromatic carboxylic acids is 4. The van der Waals surface area contributed by atoms with E-state index in [1.807, 2.05) is 0 Å². The van der Waals surface area contributed by atoms with E-state index in [-0.39, 0.29) is 216 Å². The van der Waals surface area contributed by atoms with Crippen LogP contribution < -0.4 is 226 Å². The Hall–Kier alpha value is 3.13. The van der Waals surface area contributed by atoms with Crippen LogP contribution in [0.2, 0.25) is 0 Å². The fourth-order valence-electron chi connectivity index (χ4n) is 2.27. The molecule has 0 saturated heterocycles. The van der Waals surface area contributed by atoms with Gasteiger partial charge in [0.1, 0.15) is 0 Å². The van der Waals surface area contributed by atoms with Crippen molar-refractivity contribution >= 4 is 34.6 Å². The van der Waals surface area contributed by atoms with Crippen molar-refractivity contribution in [3.05, 3.63) is 46.5 Å². The molecule has 0 fully saturated rings. The summed E-state index contributed by atoms with van der Waals surface area (Å²) in [5.41, 5.74) is -4.67. The van der Waals surface area contributed by atoms with Crippen LogP contribution in [0.4, 0.5) is 0 Å². The average Bonchev–Trinajstić information content (AvgIpc) is 2.43. The van der Waals surface area contributed by atoms with E-state index in [2.05, 4.69) is 0 Å². The topological polar surface area (TPSA) is 161 Å². The van der Waals surface area contributed by atoms with Crippen LogP contribution in [0.25, 0.3) is 10.8 Å². The van der Waals surface area contributed by atoms with Crippen molar-refractivity contribution in [3.8, 4) is 0 Å². The second kappa shape index (κ2) is 15.0. The molecule has 112 valence electrons. The number of carbonyl (C=O) groups is 4. The Morgan fingerprint density at radius 3 is 0.923 bits per heavy atom. The summed E-state index contributed by atoms with van der Waals surface area (Å²) in [5.74, 6) is -8.37. The zero-order valence-electron chi connectivity index (χ0n) is 14.6. The van der Waals surface area contributed by atoms with Gasteiger partial charge in [0, 0.05) is 22.3 Å². The quantitative estimate of drug-likeness (QED) is 0.410. The number of carbonyl (C=O) groups excluding carboxylic acids is 4. The molecule has 0 N–H and O–H groups in total. The van der Waals surface area contributed by atoms with Crippen molar-refractivity contribution in [1.29, 1.82) is 0 Å². The first-order valence-corrected chi connectivity index (χ1v) is 5.71. The van der Waals surface area contributed by atoms with E-state index >= 15 is 0 Å². The van der Waals surface area contributed by atoms with Crippen LogP contribution in [-0.4, -0.2) is 23.9 Å². The van der Waals surface area contributed by atoms with Gasteiger partial charge in [-0.2, -0.15) is 0 Å². The molecule has 0 radical (unpaired) electrons. The third-order valence-corrected chi connectivity index (χ3v) is 3.03. The van der Waals surface area contributed by atoms with Gasteiger partial charge in [-0.05, 0) is 10.8 Å². The summed E-state index contributed by atoms with van der Waals surface area (Å²) in [6, 6.07) is 4.84. The molecule has 2 aromatic carbocycles. The molecule has 12 heteroatoms. The van der Waals surface area contributed by atoms with Crippen molar-refractivity contribution in [2.75, 3.05) is 0 Å². The van der Waals surface area contributed by atoms with Crippen LogP contribution in [0.3, 0.4) is 0 Å². The first-order valence-electron chi connectivity index (χ1n) is 5.71. The predicted molar refractivity (Wildman–Crippen MR) is 61.3 cm³/mol. The Labute approximate surface area is 317 Å². The molecule has 0 spiro atoms. The van der Waals surface area contributed by atoms with E-state index in [1.54, 1.807) is 0 Å². The van der Waals surface area contributed by atoms with Crippen LogP contribution in [-0.2, 0) is 0 Å². The maximum Gasteiger partial charge on any atom is 1.00 e. The molecule has 2 rings (SSSR count). The second-order valence-electron chi connectivity index (χ2n) is 4.20. The molecule has 0 aliphatic carbocycles. The number of carboxylic acid groups (broad SMARTS) is 4. The van der Waals surface area contributed by atoms with Crippen molar-refractivity contribution in [2.45, 2.75) is 0 Å². The van der Waals surface area contributed by atoms with E-state index in [4.69, 9.17) is 0 Å². The minimum Gasteiger partial charge on any atom is -0.545 e. The largest absolute Gasteiger partial charge is 1.00 e. The van der Waals surface area contributed by atoms with Crippen molar-refractivity contribution < 1.29 is 245 Å². The van der Waals surface area contributed by atoms with Crippen LogP contribution >= 0.6 is 0 Å². The monoisotopic (exact) mass is 456 g/mol. The first kappa shape index (κ1) is 33.8. The molecular formula is C14H4K4O8. The minimum atomic E-state index is -2.19. The molecule has 0 unspecified atom stereocenters. The Morgan fingerprint density at radius 2 is 0.731 bits per heavy atom. The summed E-state index contributed by atoms with van der Waals surface area (Å²) in [4.78, 5) is 44.8. The van der Waals surface area contributed by atoms with Crippen LogP contribution in [0.15, 0.2) is 24.3 Å². The van der Waals surface area contributed by atoms with Gasteiger partial charge in [0.2, 0.25) is 0 Å². The number of fused-ring (bicyclic) bond motifs is 1. The fourth-order valence-corrected chi connectivity index (χ4v) is 2.27. The molecule has 0 aromatic heterocycles. The third kappa shape index (κ3) is 7.37. The van der Waals surface area contributed by atoms with Gasteiger partial charge in [-0.25, -0.2) is 0 Å². The van der Waals surface area contributed by atoms with Gasteiger partial charge in [0.25, 0.3) is 0 Å². The van der Waals surface area contributed by atoms with Gasteiger partial charge in [-0.3, -0.25) is 0 Å². The summed E-state index contributed by atoms with van der Waals surface area (Å²) in [5, 5.41) is 44.1. The Kier molecular flexibility index (Phi) is 19.5. The van der Waals surface area contributed by atoms with Gasteiger partial charge in [-0.1, -0.05) is 24.3 Å². The van der Waals surface area contributed by atoms with Crippen molar-refractivity contribution in [2.24, 2.45) is 0 Å².